The molecule has 0 N–H and O–H groups in total. The van der Waals surface area contributed by atoms with Gasteiger partial charge < -0.3 is 0 Å². The maximum absolute atomic E-state index is 13.1. The molecular weight excluding hydrogens is 225 g/mol. The van der Waals surface area contributed by atoms with Crippen molar-refractivity contribution in [2.45, 2.75) is 13.3 Å². The molecule has 1 heterocycles. The molecule has 0 saturated carbocycles. The number of aromatic nitrogens is 1. The first-order chi connectivity index (χ1) is 7.65. The van der Waals surface area contributed by atoms with Crippen molar-refractivity contribution in [3.05, 3.63) is 64.2 Å². The van der Waals surface area contributed by atoms with Crippen molar-refractivity contribution < 1.29 is 4.39 Å². The Morgan fingerprint density at radius 1 is 1.25 bits per heavy atom. The standard InChI is InChI=1S/C13H11ClFN/c1-9-6-10(2-5-13(9)15)7-12-4-3-11(14)8-16-12/h2-6,8H,7H2,1H3. The van der Waals surface area contributed by atoms with Crippen LogP contribution in [0.1, 0.15) is 16.8 Å². The molecule has 0 aliphatic carbocycles. The molecule has 3 heteroatoms. The Hall–Kier alpha value is -1.41. The second-order valence-electron chi connectivity index (χ2n) is 3.73. The van der Waals surface area contributed by atoms with Crippen molar-refractivity contribution in [1.29, 1.82) is 0 Å². The first-order valence-corrected chi connectivity index (χ1v) is 5.38. The lowest BCUT2D eigenvalue weighted by molar-refractivity contribution is 0.617. The summed E-state index contributed by atoms with van der Waals surface area (Å²) in [6.45, 7) is 1.76. The zero-order valence-corrected chi connectivity index (χ0v) is 9.63. The molecule has 0 aliphatic rings. The summed E-state index contributed by atoms with van der Waals surface area (Å²) in [7, 11) is 0. The second kappa shape index (κ2) is 4.62. The van der Waals surface area contributed by atoms with Gasteiger partial charge in [0.2, 0.25) is 0 Å². The summed E-state index contributed by atoms with van der Waals surface area (Å²) in [6.07, 6.45) is 2.31. The van der Waals surface area contributed by atoms with E-state index in [0.29, 0.717) is 17.0 Å². The molecule has 0 saturated heterocycles. The molecule has 2 rings (SSSR count). The van der Waals surface area contributed by atoms with E-state index < -0.39 is 0 Å². The minimum Gasteiger partial charge on any atom is -0.259 e. The Morgan fingerprint density at radius 2 is 2.06 bits per heavy atom. The SMILES string of the molecule is Cc1cc(Cc2ccc(Cl)cn2)ccc1F. The molecule has 0 radical (unpaired) electrons. The summed E-state index contributed by atoms with van der Waals surface area (Å²) in [4.78, 5) is 4.20. The predicted molar refractivity (Wildman–Crippen MR) is 63.2 cm³/mol. The normalized spacial score (nSPS) is 10.4. The third-order valence-corrected chi connectivity index (χ3v) is 2.62. The van der Waals surface area contributed by atoms with Crippen molar-refractivity contribution in [1.82, 2.24) is 4.98 Å². The van der Waals surface area contributed by atoms with Crippen LogP contribution in [-0.4, -0.2) is 4.98 Å². The number of aryl methyl sites for hydroxylation is 1. The van der Waals surface area contributed by atoms with Gasteiger partial charge in [-0.2, -0.15) is 0 Å². The Kier molecular flexibility index (Phi) is 3.20. The first kappa shape index (κ1) is 11.1. The van der Waals surface area contributed by atoms with Crippen LogP contribution in [0.25, 0.3) is 0 Å². The molecule has 0 fully saturated rings. The summed E-state index contributed by atoms with van der Waals surface area (Å²) in [5.41, 5.74) is 2.63. The summed E-state index contributed by atoms with van der Waals surface area (Å²) in [6, 6.07) is 8.78. The van der Waals surface area contributed by atoms with Gasteiger partial charge in [0.25, 0.3) is 0 Å². The van der Waals surface area contributed by atoms with E-state index in [1.54, 1.807) is 25.3 Å². The Labute approximate surface area is 98.9 Å². The summed E-state index contributed by atoms with van der Waals surface area (Å²) >= 11 is 5.75. The lowest BCUT2D eigenvalue weighted by Crippen LogP contribution is -1.93. The lowest BCUT2D eigenvalue weighted by atomic mass is 10.1. The maximum Gasteiger partial charge on any atom is 0.126 e. The van der Waals surface area contributed by atoms with Crippen LogP contribution < -0.4 is 0 Å². The highest BCUT2D eigenvalue weighted by atomic mass is 35.5. The van der Waals surface area contributed by atoms with Crippen molar-refractivity contribution in [3.63, 3.8) is 0 Å². The van der Waals surface area contributed by atoms with E-state index in [4.69, 9.17) is 11.6 Å². The monoisotopic (exact) mass is 235 g/mol. The van der Waals surface area contributed by atoms with Crippen molar-refractivity contribution >= 4 is 11.6 Å². The molecule has 0 aliphatic heterocycles. The largest absolute Gasteiger partial charge is 0.259 e. The Bertz CT molecular complexity index is 494. The van der Waals surface area contributed by atoms with Crippen LogP contribution >= 0.6 is 11.6 Å². The molecule has 1 aromatic heterocycles. The van der Waals surface area contributed by atoms with E-state index in [1.165, 1.54) is 6.07 Å². The molecular formula is C13H11ClFN. The molecule has 0 spiro atoms. The van der Waals surface area contributed by atoms with Gasteiger partial charge in [0, 0.05) is 18.3 Å². The predicted octanol–water partition coefficient (Wildman–Crippen LogP) is 3.77. The minimum atomic E-state index is -0.173. The zero-order valence-electron chi connectivity index (χ0n) is 8.87. The van der Waals surface area contributed by atoms with Crippen molar-refractivity contribution in [2.75, 3.05) is 0 Å². The molecule has 1 nitrogen and oxygen atoms in total. The molecule has 16 heavy (non-hydrogen) atoms. The molecule has 82 valence electrons. The van der Waals surface area contributed by atoms with E-state index in [-0.39, 0.29) is 5.82 Å². The van der Waals surface area contributed by atoms with Crippen LogP contribution in [0.2, 0.25) is 5.02 Å². The first-order valence-electron chi connectivity index (χ1n) is 5.00. The van der Waals surface area contributed by atoms with Crippen molar-refractivity contribution in [2.24, 2.45) is 0 Å². The van der Waals surface area contributed by atoms with Gasteiger partial charge in [0.15, 0.2) is 0 Å². The summed E-state index contributed by atoms with van der Waals surface area (Å²) in [5.74, 6) is -0.173. The Morgan fingerprint density at radius 3 is 2.69 bits per heavy atom. The molecule has 0 bridgehead atoms. The van der Waals surface area contributed by atoms with E-state index in [1.807, 2.05) is 12.1 Å². The third kappa shape index (κ3) is 2.58. The zero-order chi connectivity index (χ0) is 11.5. The molecule has 0 unspecified atom stereocenters. The average molecular weight is 236 g/mol. The highest BCUT2D eigenvalue weighted by Gasteiger charge is 2.01. The van der Waals surface area contributed by atoms with Gasteiger partial charge in [-0.25, -0.2) is 4.39 Å². The Balaban J connectivity index is 2.20. The van der Waals surface area contributed by atoms with Crippen LogP contribution in [0, 0.1) is 12.7 Å². The smallest absolute Gasteiger partial charge is 0.126 e. The minimum absolute atomic E-state index is 0.173. The fourth-order valence-corrected chi connectivity index (χ4v) is 1.65. The number of rotatable bonds is 2. The second-order valence-corrected chi connectivity index (χ2v) is 4.16. The molecule has 0 amide bonds. The van der Waals surface area contributed by atoms with E-state index in [0.717, 1.165) is 11.3 Å². The highest BCUT2D eigenvalue weighted by molar-refractivity contribution is 6.30. The topological polar surface area (TPSA) is 12.9 Å². The van der Waals surface area contributed by atoms with E-state index in [9.17, 15) is 4.39 Å². The van der Waals surface area contributed by atoms with Crippen LogP contribution in [0.15, 0.2) is 36.5 Å². The van der Waals surface area contributed by atoms with E-state index >= 15 is 0 Å². The van der Waals surface area contributed by atoms with Crippen LogP contribution in [0.5, 0.6) is 0 Å². The molecule has 0 atom stereocenters. The van der Waals surface area contributed by atoms with Crippen molar-refractivity contribution in [3.8, 4) is 0 Å². The fraction of sp³-hybridized carbons (Fsp3) is 0.154. The molecule has 1 aromatic carbocycles. The number of benzene rings is 1. The van der Waals surface area contributed by atoms with Gasteiger partial charge in [-0.1, -0.05) is 23.7 Å². The van der Waals surface area contributed by atoms with Crippen LogP contribution in [0.4, 0.5) is 4.39 Å². The van der Waals surface area contributed by atoms with Gasteiger partial charge >= 0.3 is 0 Å². The van der Waals surface area contributed by atoms with Gasteiger partial charge in [-0.05, 0) is 36.2 Å². The van der Waals surface area contributed by atoms with Crippen LogP contribution in [-0.2, 0) is 6.42 Å². The van der Waals surface area contributed by atoms with Gasteiger partial charge in [-0.15, -0.1) is 0 Å². The van der Waals surface area contributed by atoms with E-state index in [2.05, 4.69) is 4.98 Å². The van der Waals surface area contributed by atoms with Gasteiger partial charge in [-0.3, -0.25) is 4.98 Å². The number of hydrogen-bond donors (Lipinski definition) is 0. The number of pyridine rings is 1. The maximum atomic E-state index is 13.1. The fourth-order valence-electron chi connectivity index (χ4n) is 1.54. The molecule has 2 aromatic rings. The number of halogens is 2. The summed E-state index contributed by atoms with van der Waals surface area (Å²) in [5, 5.41) is 0.624. The van der Waals surface area contributed by atoms with Gasteiger partial charge in [0.1, 0.15) is 5.82 Å². The lowest BCUT2D eigenvalue weighted by Gasteiger charge is -2.03. The summed E-state index contributed by atoms with van der Waals surface area (Å²) < 4.78 is 13.1. The highest BCUT2D eigenvalue weighted by Crippen LogP contribution is 2.14. The van der Waals surface area contributed by atoms with Crippen LogP contribution in [0.3, 0.4) is 0 Å². The third-order valence-electron chi connectivity index (χ3n) is 2.40. The quantitative estimate of drug-likeness (QED) is 0.772. The average Bonchev–Trinajstić information content (AvgIpc) is 2.27. The number of hydrogen-bond acceptors (Lipinski definition) is 1. The number of nitrogens with zero attached hydrogens (tertiary/aromatic N) is 1. The van der Waals surface area contributed by atoms with Gasteiger partial charge in [0.05, 0.1) is 5.02 Å².